The molecule has 0 radical (unpaired) electrons. The molecule has 0 fully saturated rings. The van der Waals surface area contributed by atoms with Gasteiger partial charge < -0.3 is 14.2 Å². The molecule has 2 aromatic carbocycles. The second-order valence-electron chi connectivity index (χ2n) is 6.27. The highest BCUT2D eigenvalue weighted by Gasteiger charge is 2.12. The lowest BCUT2D eigenvalue weighted by Gasteiger charge is -2.09. The van der Waals surface area contributed by atoms with Crippen LogP contribution in [0.15, 0.2) is 47.0 Å². The van der Waals surface area contributed by atoms with Crippen molar-refractivity contribution in [2.24, 2.45) is 0 Å². The smallest absolute Gasteiger partial charge is 0.258 e. The first-order valence-corrected chi connectivity index (χ1v) is 8.38. The number of ether oxygens (including phenoxy) is 1. The molecule has 0 atom stereocenters. The zero-order chi connectivity index (χ0) is 17.8. The summed E-state index contributed by atoms with van der Waals surface area (Å²) in [5.41, 5.74) is 4.13. The van der Waals surface area contributed by atoms with Crippen LogP contribution in [-0.2, 0) is 6.54 Å². The molecule has 0 aliphatic carbocycles. The highest BCUT2D eigenvalue weighted by Crippen LogP contribution is 2.27. The average molecular weight is 337 g/mol. The van der Waals surface area contributed by atoms with Gasteiger partial charge in [-0.05, 0) is 51.2 Å². The number of aryl methyl sites for hydroxylation is 1. The van der Waals surface area contributed by atoms with E-state index in [-0.39, 0.29) is 0 Å². The molecule has 25 heavy (non-hydrogen) atoms. The summed E-state index contributed by atoms with van der Waals surface area (Å²) < 4.78 is 11.1. The van der Waals surface area contributed by atoms with E-state index in [1.165, 1.54) is 5.56 Å². The van der Waals surface area contributed by atoms with Crippen LogP contribution >= 0.6 is 0 Å². The minimum Gasteiger partial charge on any atom is -0.494 e. The molecule has 1 aromatic heterocycles. The van der Waals surface area contributed by atoms with Crippen molar-refractivity contribution in [3.05, 3.63) is 53.6 Å². The Labute approximate surface area is 148 Å². The molecule has 0 N–H and O–H groups in total. The average Bonchev–Trinajstić information content (AvgIpc) is 3.07. The van der Waals surface area contributed by atoms with E-state index in [1.54, 1.807) is 0 Å². The van der Waals surface area contributed by atoms with Crippen LogP contribution in [0.5, 0.6) is 5.75 Å². The van der Waals surface area contributed by atoms with Crippen molar-refractivity contribution >= 4 is 0 Å². The fraction of sp³-hybridized carbons (Fsp3) is 0.300. The van der Waals surface area contributed by atoms with Gasteiger partial charge in [0.25, 0.3) is 5.89 Å². The third-order valence-electron chi connectivity index (χ3n) is 3.87. The van der Waals surface area contributed by atoms with Gasteiger partial charge in [-0.3, -0.25) is 0 Å². The summed E-state index contributed by atoms with van der Waals surface area (Å²) in [6.07, 6.45) is 0. The van der Waals surface area contributed by atoms with E-state index in [0.29, 0.717) is 18.3 Å². The van der Waals surface area contributed by atoms with Gasteiger partial charge in [-0.15, -0.1) is 0 Å². The lowest BCUT2D eigenvalue weighted by molar-refractivity contribution is 0.338. The van der Waals surface area contributed by atoms with Crippen LogP contribution in [0, 0.1) is 6.92 Å². The van der Waals surface area contributed by atoms with Gasteiger partial charge in [-0.25, -0.2) is 0 Å². The largest absolute Gasteiger partial charge is 0.494 e. The summed E-state index contributed by atoms with van der Waals surface area (Å²) in [5, 5.41) is 4.11. The van der Waals surface area contributed by atoms with E-state index in [2.05, 4.69) is 41.3 Å². The lowest BCUT2D eigenvalue weighted by atomic mass is 10.1. The quantitative estimate of drug-likeness (QED) is 0.675. The molecule has 0 aliphatic heterocycles. The molecular formula is C20H23N3O2. The summed E-state index contributed by atoms with van der Waals surface area (Å²) >= 11 is 0. The molecule has 0 saturated heterocycles. The van der Waals surface area contributed by atoms with Crippen LogP contribution in [0.25, 0.3) is 22.8 Å². The molecule has 5 nitrogen and oxygen atoms in total. The van der Waals surface area contributed by atoms with E-state index in [9.17, 15) is 0 Å². The molecule has 3 aromatic rings. The number of rotatable bonds is 6. The van der Waals surface area contributed by atoms with Crippen molar-refractivity contribution in [1.82, 2.24) is 15.0 Å². The van der Waals surface area contributed by atoms with Crippen LogP contribution < -0.4 is 4.74 Å². The summed E-state index contributed by atoms with van der Waals surface area (Å²) in [6.45, 7) is 5.51. The topological polar surface area (TPSA) is 51.4 Å². The summed E-state index contributed by atoms with van der Waals surface area (Å²) in [6, 6.07) is 14.1. The van der Waals surface area contributed by atoms with Crippen molar-refractivity contribution in [3.63, 3.8) is 0 Å². The van der Waals surface area contributed by atoms with Gasteiger partial charge in [-0.2, -0.15) is 4.98 Å². The van der Waals surface area contributed by atoms with Gasteiger partial charge in [0.1, 0.15) is 5.75 Å². The first kappa shape index (κ1) is 17.2. The Hall–Kier alpha value is -2.66. The molecule has 0 unspecified atom stereocenters. The van der Waals surface area contributed by atoms with Gasteiger partial charge in [-0.1, -0.05) is 35.5 Å². The molecular weight excluding hydrogens is 314 g/mol. The van der Waals surface area contributed by atoms with Crippen molar-refractivity contribution in [3.8, 4) is 28.6 Å². The maximum absolute atomic E-state index is 5.64. The SMILES string of the molecule is CCOc1cc(-c2nc(-c3ccc(CN(C)C)cc3)no2)ccc1C. The van der Waals surface area contributed by atoms with Gasteiger partial charge in [0.15, 0.2) is 0 Å². The van der Waals surface area contributed by atoms with Gasteiger partial charge in [0, 0.05) is 17.7 Å². The highest BCUT2D eigenvalue weighted by atomic mass is 16.5. The van der Waals surface area contributed by atoms with Crippen molar-refractivity contribution in [2.75, 3.05) is 20.7 Å². The molecule has 0 spiro atoms. The zero-order valence-electron chi connectivity index (χ0n) is 15.1. The number of hydrogen-bond donors (Lipinski definition) is 0. The maximum atomic E-state index is 5.64. The predicted molar refractivity (Wildman–Crippen MR) is 98.5 cm³/mol. The van der Waals surface area contributed by atoms with Crippen LogP contribution in [0.2, 0.25) is 0 Å². The molecule has 1 heterocycles. The molecule has 3 rings (SSSR count). The Morgan fingerprint density at radius 2 is 1.76 bits per heavy atom. The van der Waals surface area contributed by atoms with Gasteiger partial charge in [0.05, 0.1) is 6.61 Å². The predicted octanol–water partition coefficient (Wildman–Crippen LogP) is 4.17. The van der Waals surface area contributed by atoms with Crippen LogP contribution in [-0.4, -0.2) is 35.7 Å². The Morgan fingerprint density at radius 3 is 2.44 bits per heavy atom. The fourth-order valence-electron chi connectivity index (χ4n) is 2.63. The standard InChI is InChI=1S/C20H23N3O2/c1-5-24-18-12-17(9-6-14(18)2)20-21-19(22-25-20)16-10-7-15(8-11-16)13-23(3)4/h6-12H,5,13H2,1-4H3. The van der Waals surface area contributed by atoms with Crippen LogP contribution in [0.4, 0.5) is 0 Å². The van der Waals surface area contributed by atoms with E-state index >= 15 is 0 Å². The van der Waals surface area contributed by atoms with Gasteiger partial charge >= 0.3 is 0 Å². The number of hydrogen-bond acceptors (Lipinski definition) is 5. The van der Waals surface area contributed by atoms with Gasteiger partial charge in [0.2, 0.25) is 5.82 Å². The normalized spacial score (nSPS) is 11.1. The molecule has 0 aliphatic rings. The third kappa shape index (κ3) is 4.06. The molecule has 0 bridgehead atoms. The fourth-order valence-corrected chi connectivity index (χ4v) is 2.63. The summed E-state index contributed by atoms with van der Waals surface area (Å²) in [5.74, 6) is 1.92. The molecule has 5 heteroatoms. The molecule has 0 amide bonds. The van der Waals surface area contributed by atoms with Crippen LogP contribution in [0.3, 0.4) is 0 Å². The van der Waals surface area contributed by atoms with E-state index in [1.807, 2.05) is 44.2 Å². The Balaban J connectivity index is 1.84. The van der Waals surface area contributed by atoms with E-state index < -0.39 is 0 Å². The Bertz CT molecular complexity index is 838. The second-order valence-corrected chi connectivity index (χ2v) is 6.27. The summed E-state index contributed by atoms with van der Waals surface area (Å²) in [7, 11) is 4.11. The second kappa shape index (κ2) is 7.49. The number of aromatic nitrogens is 2. The van der Waals surface area contributed by atoms with Crippen LogP contribution in [0.1, 0.15) is 18.1 Å². The molecule has 130 valence electrons. The third-order valence-corrected chi connectivity index (χ3v) is 3.87. The first-order chi connectivity index (χ1) is 12.1. The maximum Gasteiger partial charge on any atom is 0.258 e. The van der Waals surface area contributed by atoms with Crippen molar-refractivity contribution < 1.29 is 9.26 Å². The number of nitrogens with zero attached hydrogens (tertiary/aromatic N) is 3. The Morgan fingerprint density at radius 1 is 1.04 bits per heavy atom. The zero-order valence-corrected chi connectivity index (χ0v) is 15.1. The Kier molecular flexibility index (Phi) is 5.14. The molecule has 0 saturated carbocycles. The monoisotopic (exact) mass is 337 g/mol. The van der Waals surface area contributed by atoms with Crippen molar-refractivity contribution in [2.45, 2.75) is 20.4 Å². The number of benzene rings is 2. The first-order valence-electron chi connectivity index (χ1n) is 8.38. The lowest BCUT2D eigenvalue weighted by Crippen LogP contribution is -2.10. The van der Waals surface area contributed by atoms with Crippen molar-refractivity contribution in [1.29, 1.82) is 0 Å². The highest BCUT2D eigenvalue weighted by molar-refractivity contribution is 5.62. The minimum atomic E-state index is 0.494. The van der Waals surface area contributed by atoms with E-state index in [4.69, 9.17) is 9.26 Å². The summed E-state index contributed by atoms with van der Waals surface area (Å²) in [4.78, 5) is 6.66. The van der Waals surface area contributed by atoms with E-state index in [0.717, 1.165) is 29.0 Å². The minimum absolute atomic E-state index is 0.494.